The Morgan fingerprint density at radius 3 is 2.75 bits per heavy atom. The molecule has 0 radical (unpaired) electrons. The third-order valence-corrected chi connectivity index (χ3v) is 5.24. The molecule has 1 aliphatic heterocycles. The van der Waals surface area contributed by atoms with E-state index in [9.17, 15) is 9.59 Å². The van der Waals surface area contributed by atoms with E-state index in [0.717, 1.165) is 16.1 Å². The predicted octanol–water partition coefficient (Wildman–Crippen LogP) is 3.31. The molecule has 0 aliphatic carbocycles. The maximum absolute atomic E-state index is 12.2. The second-order valence-corrected chi connectivity index (χ2v) is 7.10. The monoisotopic (exact) mass is 395 g/mol. The smallest absolute Gasteiger partial charge is 0.308 e. The third-order valence-electron chi connectivity index (χ3n) is 4.19. The molecule has 8 heteroatoms. The van der Waals surface area contributed by atoms with Crippen LogP contribution in [0.1, 0.15) is 12.3 Å². The van der Waals surface area contributed by atoms with Gasteiger partial charge in [0.25, 0.3) is 5.89 Å². The number of rotatable bonds is 6. The molecule has 1 aromatic heterocycles. The first-order valence-electron chi connectivity index (χ1n) is 8.76. The van der Waals surface area contributed by atoms with Crippen LogP contribution in [-0.4, -0.2) is 34.4 Å². The van der Waals surface area contributed by atoms with Crippen molar-refractivity contribution in [2.45, 2.75) is 17.9 Å². The quantitative estimate of drug-likeness (QED) is 0.592. The highest BCUT2D eigenvalue weighted by Crippen LogP contribution is 2.34. The van der Waals surface area contributed by atoms with Crippen molar-refractivity contribution in [3.05, 3.63) is 60.5 Å². The van der Waals surface area contributed by atoms with E-state index in [1.54, 1.807) is 4.90 Å². The zero-order chi connectivity index (χ0) is 19.3. The normalized spacial score (nSPS) is 13.3. The summed E-state index contributed by atoms with van der Waals surface area (Å²) in [5.74, 6) is 0.530. The summed E-state index contributed by atoms with van der Waals surface area (Å²) in [5, 5.41) is 7.85. The molecule has 0 saturated heterocycles. The summed E-state index contributed by atoms with van der Waals surface area (Å²) in [5.41, 5.74) is 1.63. The van der Waals surface area contributed by atoms with Crippen LogP contribution in [0, 0.1) is 0 Å². The molecule has 142 valence electrons. The molecule has 0 saturated carbocycles. The van der Waals surface area contributed by atoms with Gasteiger partial charge in [-0.3, -0.25) is 9.59 Å². The van der Waals surface area contributed by atoms with Crippen molar-refractivity contribution in [2.24, 2.45) is 0 Å². The van der Waals surface area contributed by atoms with E-state index < -0.39 is 5.97 Å². The number of ether oxygens (including phenoxy) is 1. The van der Waals surface area contributed by atoms with Gasteiger partial charge in [0.15, 0.2) is 6.61 Å². The Kier molecular flexibility index (Phi) is 5.38. The number of hydrogen-bond acceptors (Lipinski definition) is 7. The van der Waals surface area contributed by atoms with Crippen LogP contribution >= 0.6 is 11.8 Å². The Morgan fingerprint density at radius 2 is 1.89 bits per heavy atom. The predicted molar refractivity (Wildman–Crippen MR) is 104 cm³/mol. The van der Waals surface area contributed by atoms with Crippen LogP contribution in [0.4, 0.5) is 5.69 Å². The number of aromatic nitrogens is 2. The van der Waals surface area contributed by atoms with Gasteiger partial charge in [-0.15, -0.1) is 22.0 Å². The number of thioether (sulfide) groups is 1. The molecule has 0 fully saturated rings. The molecule has 1 aliphatic rings. The number of amides is 1. The van der Waals surface area contributed by atoms with Gasteiger partial charge >= 0.3 is 5.97 Å². The summed E-state index contributed by atoms with van der Waals surface area (Å²) >= 11 is 1.51. The number of carbonyl (C=O) groups excluding carboxylic acids is 2. The maximum Gasteiger partial charge on any atom is 0.308 e. The van der Waals surface area contributed by atoms with E-state index >= 15 is 0 Å². The minimum Gasteiger partial charge on any atom is -0.456 e. The molecular formula is C20H17N3O4S. The molecule has 3 aromatic rings. The Bertz CT molecular complexity index is 990. The first-order chi connectivity index (χ1) is 13.7. The lowest BCUT2D eigenvalue weighted by Gasteiger charge is -2.28. The first-order valence-corrected chi connectivity index (χ1v) is 9.75. The average Bonchev–Trinajstić information content (AvgIpc) is 3.21. The second-order valence-electron chi connectivity index (χ2n) is 6.08. The van der Waals surface area contributed by atoms with Gasteiger partial charge in [-0.05, 0) is 24.3 Å². The van der Waals surface area contributed by atoms with Gasteiger partial charge in [0.2, 0.25) is 11.8 Å². The lowest BCUT2D eigenvalue weighted by molar-refractivity contribution is -0.145. The Hall–Kier alpha value is -3.13. The fourth-order valence-corrected chi connectivity index (χ4v) is 3.76. The van der Waals surface area contributed by atoms with Crippen molar-refractivity contribution < 1.29 is 18.7 Å². The molecule has 7 nitrogen and oxygen atoms in total. The molecule has 0 unspecified atom stereocenters. The fourth-order valence-electron chi connectivity index (χ4n) is 2.83. The van der Waals surface area contributed by atoms with E-state index in [4.69, 9.17) is 9.15 Å². The van der Waals surface area contributed by atoms with E-state index in [2.05, 4.69) is 10.2 Å². The van der Waals surface area contributed by atoms with Gasteiger partial charge in [0.1, 0.15) is 0 Å². The van der Waals surface area contributed by atoms with Gasteiger partial charge < -0.3 is 14.1 Å². The number of nitrogens with zero attached hydrogens (tertiary/aromatic N) is 3. The molecule has 0 atom stereocenters. The third kappa shape index (κ3) is 4.07. The average molecular weight is 395 g/mol. The highest BCUT2D eigenvalue weighted by atomic mass is 32.2. The summed E-state index contributed by atoms with van der Waals surface area (Å²) in [6.07, 6.45) is 0.0877. The standard InChI is InChI=1S/C20H17N3O4S/c24-18-13-28-16-9-5-4-8-15(16)23(18)11-10-19(25)26-12-17-21-22-20(27-17)14-6-2-1-3-7-14/h1-9H,10-13H2. The topological polar surface area (TPSA) is 85.5 Å². The molecule has 1 amide bonds. The summed E-state index contributed by atoms with van der Waals surface area (Å²) in [6, 6.07) is 17.0. The van der Waals surface area contributed by atoms with Crippen molar-refractivity contribution in [2.75, 3.05) is 17.2 Å². The minimum absolute atomic E-state index is 0.0131. The minimum atomic E-state index is -0.428. The molecule has 28 heavy (non-hydrogen) atoms. The summed E-state index contributed by atoms with van der Waals surface area (Å²) in [6.45, 7) is 0.174. The van der Waals surface area contributed by atoms with E-state index in [1.807, 2.05) is 54.6 Å². The Labute approximate surface area is 165 Å². The lowest BCUT2D eigenvalue weighted by Crippen LogP contribution is -2.37. The van der Waals surface area contributed by atoms with E-state index in [0.29, 0.717) is 11.6 Å². The molecule has 2 heterocycles. The van der Waals surface area contributed by atoms with E-state index in [-0.39, 0.29) is 31.4 Å². The molecular weight excluding hydrogens is 378 g/mol. The molecule has 0 spiro atoms. The number of carbonyl (C=O) groups is 2. The fraction of sp³-hybridized carbons (Fsp3) is 0.200. The molecule has 2 aromatic carbocycles. The molecule has 4 rings (SSSR count). The van der Waals surface area contributed by atoms with Gasteiger partial charge in [0, 0.05) is 17.0 Å². The van der Waals surface area contributed by atoms with Crippen molar-refractivity contribution >= 4 is 29.3 Å². The number of fused-ring (bicyclic) bond motifs is 1. The van der Waals surface area contributed by atoms with E-state index in [1.165, 1.54) is 11.8 Å². The number of anilines is 1. The summed E-state index contributed by atoms with van der Waals surface area (Å²) < 4.78 is 10.7. The molecule has 0 bridgehead atoms. The van der Waals surface area contributed by atoms with Crippen LogP contribution in [0.15, 0.2) is 63.9 Å². The Balaban J connectivity index is 1.31. The van der Waals surface area contributed by atoms with Crippen molar-refractivity contribution in [1.29, 1.82) is 0 Å². The number of hydrogen-bond donors (Lipinski definition) is 0. The second kappa shape index (κ2) is 8.26. The highest BCUT2D eigenvalue weighted by Gasteiger charge is 2.25. The van der Waals surface area contributed by atoms with Crippen LogP contribution in [0.5, 0.6) is 0 Å². The van der Waals surface area contributed by atoms with Crippen LogP contribution in [0.2, 0.25) is 0 Å². The van der Waals surface area contributed by atoms with Crippen LogP contribution < -0.4 is 4.90 Å². The van der Waals surface area contributed by atoms with Gasteiger partial charge in [-0.1, -0.05) is 30.3 Å². The van der Waals surface area contributed by atoms with Gasteiger partial charge in [-0.25, -0.2) is 0 Å². The summed E-state index contributed by atoms with van der Waals surface area (Å²) in [4.78, 5) is 27.0. The zero-order valence-corrected chi connectivity index (χ0v) is 15.7. The lowest BCUT2D eigenvalue weighted by atomic mass is 10.2. The number of benzene rings is 2. The van der Waals surface area contributed by atoms with Gasteiger partial charge in [0.05, 0.1) is 17.9 Å². The summed E-state index contributed by atoms with van der Waals surface area (Å²) in [7, 11) is 0. The first kappa shape index (κ1) is 18.2. The van der Waals surface area contributed by atoms with Crippen molar-refractivity contribution in [3.63, 3.8) is 0 Å². The van der Waals surface area contributed by atoms with Crippen molar-refractivity contribution in [1.82, 2.24) is 10.2 Å². The number of esters is 1. The Morgan fingerprint density at radius 1 is 1.11 bits per heavy atom. The maximum atomic E-state index is 12.2. The van der Waals surface area contributed by atoms with Crippen LogP contribution in [0.25, 0.3) is 11.5 Å². The molecule has 0 N–H and O–H groups in total. The number of para-hydroxylation sites is 1. The largest absolute Gasteiger partial charge is 0.456 e. The zero-order valence-electron chi connectivity index (χ0n) is 14.9. The van der Waals surface area contributed by atoms with Crippen LogP contribution in [0.3, 0.4) is 0 Å². The van der Waals surface area contributed by atoms with Gasteiger partial charge in [-0.2, -0.15) is 0 Å². The van der Waals surface area contributed by atoms with Crippen LogP contribution in [-0.2, 0) is 20.9 Å². The van der Waals surface area contributed by atoms with Crippen molar-refractivity contribution in [3.8, 4) is 11.5 Å². The SMILES string of the molecule is O=C(CCN1C(=O)CSc2ccccc21)OCc1nnc(-c2ccccc2)o1. The highest BCUT2D eigenvalue weighted by molar-refractivity contribution is 8.00.